The Morgan fingerprint density at radius 2 is 1.57 bits per heavy atom. The average molecular weight is 331 g/mol. The van der Waals surface area contributed by atoms with Crippen LogP contribution in [0.4, 0.5) is 0 Å². The SMILES string of the molecule is CCOC(=O)C(C)[S+](c1ccc(C)cc1)c1ccc(OC)cc1. The fourth-order valence-electron chi connectivity index (χ4n) is 2.31. The van der Waals surface area contributed by atoms with E-state index in [0.29, 0.717) is 6.61 Å². The molecular weight excluding hydrogens is 308 g/mol. The second-order valence-electron chi connectivity index (χ2n) is 5.22. The second kappa shape index (κ2) is 8.06. The molecule has 2 rings (SSSR count). The van der Waals surface area contributed by atoms with Crippen molar-refractivity contribution in [3.63, 3.8) is 0 Å². The Hall–Kier alpha value is -1.94. The van der Waals surface area contributed by atoms with Gasteiger partial charge < -0.3 is 9.47 Å². The first-order chi connectivity index (χ1) is 11.1. The first-order valence-corrected chi connectivity index (χ1v) is 8.96. The van der Waals surface area contributed by atoms with Gasteiger partial charge in [-0.25, -0.2) is 4.79 Å². The number of carbonyl (C=O) groups is 1. The predicted molar refractivity (Wildman–Crippen MR) is 94.2 cm³/mol. The first-order valence-electron chi connectivity index (χ1n) is 7.67. The molecule has 0 aliphatic heterocycles. The number of carbonyl (C=O) groups excluding carboxylic acids is 1. The molecule has 0 heterocycles. The standard InChI is InChI=1S/C19H23O3S/c1-5-22-19(20)15(3)23(17-10-6-14(2)7-11-17)18-12-8-16(21-4)9-13-18/h6-13,15H,5H2,1-4H3/q+1. The van der Waals surface area contributed by atoms with Crippen LogP contribution < -0.4 is 4.74 Å². The van der Waals surface area contributed by atoms with Gasteiger partial charge in [-0.1, -0.05) is 17.7 Å². The minimum atomic E-state index is -0.376. The molecule has 0 saturated carbocycles. The molecule has 0 bridgehead atoms. The van der Waals surface area contributed by atoms with Crippen molar-refractivity contribution in [3.05, 3.63) is 54.1 Å². The number of ether oxygens (including phenoxy) is 2. The Morgan fingerprint density at radius 3 is 2.04 bits per heavy atom. The molecule has 122 valence electrons. The molecule has 2 aromatic rings. The van der Waals surface area contributed by atoms with E-state index in [1.807, 2.05) is 38.1 Å². The molecule has 0 saturated heterocycles. The fraction of sp³-hybridized carbons (Fsp3) is 0.316. The molecular formula is C19H23O3S+. The molecule has 2 unspecified atom stereocenters. The number of hydrogen-bond donors (Lipinski definition) is 0. The van der Waals surface area contributed by atoms with Crippen molar-refractivity contribution in [1.29, 1.82) is 0 Å². The summed E-state index contributed by atoms with van der Waals surface area (Å²) in [7, 11) is 1.27. The number of rotatable bonds is 6. The summed E-state index contributed by atoms with van der Waals surface area (Å²) in [4.78, 5) is 14.5. The van der Waals surface area contributed by atoms with Crippen molar-refractivity contribution in [2.24, 2.45) is 0 Å². The van der Waals surface area contributed by atoms with Crippen molar-refractivity contribution in [3.8, 4) is 5.75 Å². The van der Waals surface area contributed by atoms with Crippen molar-refractivity contribution < 1.29 is 14.3 Å². The van der Waals surface area contributed by atoms with Crippen LogP contribution in [0, 0.1) is 6.92 Å². The molecule has 0 N–H and O–H groups in total. The quantitative estimate of drug-likeness (QED) is 0.593. The topological polar surface area (TPSA) is 35.5 Å². The minimum absolute atomic E-state index is 0.160. The molecule has 23 heavy (non-hydrogen) atoms. The zero-order valence-electron chi connectivity index (χ0n) is 14.0. The van der Waals surface area contributed by atoms with Crippen LogP contribution in [-0.2, 0) is 20.4 Å². The van der Waals surface area contributed by atoms with E-state index in [9.17, 15) is 4.79 Å². The first kappa shape index (κ1) is 17.4. The summed E-state index contributed by atoms with van der Waals surface area (Å²) in [6.07, 6.45) is 0. The van der Waals surface area contributed by atoms with Gasteiger partial charge in [0, 0.05) is 0 Å². The molecule has 2 atom stereocenters. The van der Waals surface area contributed by atoms with Gasteiger partial charge >= 0.3 is 5.97 Å². The number of benzene rings is 2. The Morgan fingerprint density at radius 1 is 1.04 bits per heavy atom. The molecule has 0 aromatic heterocycles. The molecule has 2 aromatic carbocycles. The number of hydrogen-bond acceptors (Lipinski definition) is 3. The van der Waals surface area contributed by atoms with Crippen LogP contribution in [0.5, 0.6) is 5.75 Å². The van der Waals surface area contributed by atoms with Crippen LogP contribution in [0.1, 0.15) is 19.4 Å². The van der Waals surface area contributed by atoms with E-state index < -0.39 is 0 Å². The lowest BCUT2D eigenvalue weighted by atomic mass is 10.2. The predicted octanol–water partition coefficient (Wildman–Crippen LogP) is 3.99. The molecule has 0 spiro atoms. The third-order valence-corrected chi connectivity index (χ3v) is 6.02. The summed E-state index contributed by atoms with van der Waals surface area (Å²) >= 11 is 0. The van der Waals surface area contributed by atoms with Crippen molar-refractivity contribution in [2.75, 3.05) is 13.7 Å². The van der Waals surface area contributed by atoms with Gasteiger partial charge in [0.1, 0.15) is 5.75 Å². The lowest BCUT2D eigenvalue weighted by Gasteiger charge is -2.14. The van der Waals surface area contributed by atoms with Crippen molar-refractivity contribution in [2.45, 2.75) is 35.8 Å². The maximum atomic E-state index is 12.3. The largest absolute Gasteiger partial charge is 0.497 e. The highest BCUT2D eigenvalue weighted by Crippen LogP contribution is 2.30. The molecule has 0 fully saturated rings. The van der Waals surface area contributed by atoms with Crippen molar-refractivity contribution >= 4 is 16.9 Å². The van der Waals surface area contributed by atoms with Gasteiger partial charge in [-0.15, -0.1) is 0 Å². The molecule has 0 radical (unpaired) electrons. The van der Waals surface area contributed by atoms with E-state index in [0.717, 1.165) is 15.5 Å². The van der Waals surface area contributed by atoms with E-state index in [1.54, 1.807) is 7.11 Å². The molecule has 0 aliphatic carbocycles. The van der Waals surface area contributed by atoms with Gasteiger partial charge in [0.25, 0.3) is 0 Å². The highest BCUT2D eigenvalue weighted by Gasteiger charge is 2.38. The zero-order valence-corrected chi connectivity index (χ0v) is 14.9. The van der Waals surface area contributed by atoms with Gasteiger partial charge in [-0.2, -0.15) is 0 Å². The summed E-state index contributed by atoms with van der Waals surface area (Å²) in [5, 5.41) is -0.231. The number of aryl methyl sites for hydroxylation is 1. The van der Waals surface area contributed by atoms with E-state index in [2.05, 4.69) is 31.2 Å². The summed E-state index contributed by atoms with van der Waals surface area (Å²) in [5.74, 6) is 0.650. The summed E-state index contributed by atoms with van der Waals surface area (Å²) in [5.41, 5.74) is 1.20. The minimum Gasteiger partial charge on any atom is -0.497 e. The second-order valence-corrected chi connectivity index (χ2v) is 7.55. The average Bonchev–Trinajstić information content (AvgIpc) is 2.57. The maximum absolute atomic E-state index is 12.3. The van der Waals surface area contributed by atoms with Crippen LogP contribution in [0.25, 0.3) is 0 Å². The summed E-state index contributed by atoms with van der Waals surface area (Å²) in [6, 6.07) is 16.3. The van der Waals surface area contributed by atoms with Gasteiger partial charge in [-0.3, -0.25) is 0 Å². The van der Waals surface area contributed by atoms with Crippen LogP contribution in [-0.4, -0.2) is 24.9 Å². The molecule has 0 amide bonds. The third kappa shape index (κ3) is 4.29. The van der Waals surface area contributed by atoms with Crippen LogP contribution >= 0.6 is 0 Å². The Bertz CT molecular complexity index is 635. The number of methoxy groups -OCH3 is 1. The van der Waals surface area contributed by atoms with E-state index in [-0.39, 0.29) is 22.1 Å². The Kier molecular flexibility index (Phi) is 6.11. The van der Waals surface area contributed by atoms with Gasteiger partial charge in [-0.05, 0) is 57.2 Å². The summed E-state index contributed by atoms with van der Waals surface area (Å²) in [6.45, 7) is 6.23. The van der Waals surface area contributed by atoms with Crippen LogP contribution in [0.3, 0.4) is 0 Å². The molecule has 0 aliphatic rings. The van der Waals surface area contributed by atoms with Crippen LogP contribution in [0.2, 0.25) is 0 Å². The Balaban J connectivity index is 2.41. The highest BCUT2D eigenvalue weighted by atomic mass is 32.2. The fourth-order valence-corrected chi connectivity index (χ4v) is 4.52. The Labute approximate surface area is 141 Å². The van der Waals surface area contributed by atoms with Crippen molar-refractivity contribution in [1.82, 2.24) is 0 Å². The monoisotopic (exact) mass is 331 g/mol. The van der Waals surface area contributed by atoms with Gasteiger partial charge in [0.15, 0.2) is 9.79 Å². The summed E-state index contributed by atoms with van der Waals surface area (Å²) < 4.78 is 10.5. The zero-order chi connectivity index (χ0) is 16.8. The number of esters is 1. The highest BCUT2D eigenvalue weighted by molar-refractivity contribution is 7.98. The smallest absolute Gasteiger partial charge is 0.360 e. The van der Waals surface area contributed by atoms with E-state index in [4.69, 9.17) is 9.47 Å². The van der Waals surface area contributed by atoms with E-state index in [1.165, 1.54) is 5.56 Å². The van der Waals surface area contributed by atoms with Crippen LogP contribution in [0.15, 0.2) is 58.3 Å². The molecule has 4 heteroatoms. The van der Waals surface area contributed by atoms with Gasteiger partial charge in [0.05, 0.1) is 24.6 Å². The lowest BCUT2D eigenvalue weighted by Crippen LogP contribution is -2.29. The lowest BCUT2D eigenvalue weighted by molar-refractivity contribution is -0.142. The maximum Gasteiger partial charge on any atom is 0.360 e. The van der Waals surface area contributed by atoms with E-state index >= 15 is 0 Å². The molecule has 3 nitrogen and oxygen atoms in total. The van der Waals surface area contributed by atoms with Gasteiger partial charge in [0.2, 0.25) is 5.25 Å². The normalized spacial score (nSPS) is 13.2. The third-order valence-electron chi connectivity index (χ3n) is 3.56.